The van der Waals surface area contributed by atoms with E-state index in [9.17, 15) is 15.0 Å². The number of allylic oxidation sites excluding steroid dienone is 2. The smallest absolute Gasteiger partial charge is 0.305 e. The summed E-state index contributed by atoms with van der Waals surface area (Å²) in [7, 11) is 1.42. The van der Waals surface area contributed by atoms with Crippen LogP contribution in [0.15, 0.2) is 23.8 Å². The van der Waals surface area contributed by atoms with Gasteiger partial charge in [0.05, 0.1) is 31.5 Å². The molecule has 154 valence electrons. The molecule has 1 saturated carbocycles. The van der Waals surface area contributed by atoms with E-state index in [1.807, 2.05) is 12.2 Å². The van der Waals surface area contributed by atoms with E-state index < -0.39 is 6.10 Å². The number of rotatable bonds is 10. The first-order valence-corrected chi connectivity index (χ1v) is 10.3. The van der Waals surface area contributed by atoms with Crippen molar-refractivity contribution in [2.75, 3.05) is 7.11 Å². The summed E-state index contributed by atoms with van der Waals surface area (Å²) >= 11 is 0. The lowest BCUT2D eigenvalue weighted by Gasteiger charge is -2.18. The zero-order chi connectivity index (χ0) is 19.8. The van der Waals surface area contributed by atoms with Gasteiger partial charge in [-0.3, -0.25) is 4.79 Å². The Hall–Kier alpha value is -1.17. The molecule has 0 unspecified atom stereocenters. The van der Waals surface area contributed by atoms with Gasteiger partial charge in [-0.15, -0.1) is 0 Å². The summed E-state index contributed by atoms with van der Waals surface area (Å²) < 4.78 is 10.8. The van der Waals surface area contributed by atoms with Gasteiger partial charge in [0, 0.05) is 18.8 Å². The quantitative estimate of drug-likeness (QED) is 0.344. The van der Waals surface area contributed by atoms with Crippen molar-refractivity contribution in [3.63, 3.8) is 0 Å². The highest BCUT2D eigenvalue weighted by molar-refractivity contribution is 5.68. The third-order valence-corrected chi connectivity index (χ3v) is 5.75. The first-order valence-electron chi connectivity index (χ1n) is 10.3. The van der Waals surface area contributed by atoms with Crippen LogP contribution in [0.2, 0.25) is 0 Å². The maximum Gasteiger partial charge on any atom is 0.305 e. The molecule has 2 aliphatic rings. The fourth-order valence-electron chi connectivity index (χ4n) is 4.27. The fourth-order valence-corrected chi connectivity index (χ4v) is 4.27. The molecule has 0 radical (unpaired) electrons. The number of methoxy groups -OCH3 is 1. The number of ether oxygens (including phenoxy) is 2. The van der Waals surface area contributed by atoms with Crippen LogP contribution in [0.3, 0.4) is 0 Å². The summed E-state index contributed by atoms with van der Waals surface area (Å²) in [4.78, 5) is 11.2. The molecule has 1 aliphatic heterocycles. The molecule has 0 bridgehead atoms. The van der Waals surface area contributed by atoms with Gasteiger partial charge in [-0.2, -0.15) is 0 Å². The van der Waals surface area contributed by atoms with Crippen molar-refractivity contribution in [3.8, 4) is 0 Å². The Labute approximate surface area is 163 Å². The number of esters is 1. The van der Waals surface area contributed by atoms with Crippen LogP contribution >= 0.6 is 0 Å². The summed E-state index contributed by atoms with van der Waals surface area (Å²) in [6, 6.07) is 0. The van der Waals surface area contributed by atoms with Crippen molar-refractivity contribution < 1.29 is 24.5 Å². The Balaban J connectivity index is 1.76. The Morgan fingerprint density at radius 1 is 1.30 bits per heavy atom. The summed E-state index contributed by atoms with van der Waals surface area (Å²) in [6.07, 6.45) is 11.8. The standard InChI is InChI=1S/C22H36O5/c1-15(2)7-6-8-16(23)11-12-18-19-13-17(27-21(19)14-20(18)24)9-4-5-10-22(25)26-3/h7,11-12,16-21,23-24H,4-6,8-10,13-14H2,1-3H3/b12-11+/t16-,17+,18+,19+,20+,21-/m0/s1. The van der Waals surface area contributed by atoms with E-state index in [-0.39, 0.29) is 30.2 Å². The lowest BCUT2D eigenvalue weighted by atomic mass is 9.89. The molecule has 0 aromatic carbocycles. The highest BCUT2D eigenvalue weighted by Crippen LogP contribution is 2.45. The highest BCUT2D eigenvalue weighted by Gasteiger charge is 2.47. The molecule has 2 rings (SSSR count). The Bertz CT molecular complexity index is 523. The van der Waals surface area contributed by atoms with Crippen LogP contribution in [-0.2, 0) is 14.3 Å². The molecule has 0 spiro atoms. The SMILES string of the molecule is COC(=O)CCCC[C@@H]1C[C@@H]2[C@@H](/C=C/[C@@H](O)CCC=C(C)C)[C@H](O)C[C@@H]2O1. The van der Waals surface area contributed by atoms with Gasteiger partial charge in [0.2, 0.25) is 0 Å². The van der Waals surface area contributed by atoms with Crippen LogP contribution in [0, 0.1) is 11.8 Å². The zero-order valence-corrected chi connectivity index (χ0v) is 17.0. The average Bonchev–Trinajstić information content (AvgIpc) is 3.12. The van der Waals surface area contributed by atoms with Crippen molar-refractivity contribution in [2.45, 2.75) is 89.6 Å². The van der Waals surface area contributed by atoms with Gasteiger partial charge in [0.1, 0.15) is 0 Å². The van der Waals surface area contributed by atoms with Gasteiger partial charge in [-0.25, -0.2) is 0 Å². The monoisotopic (exact) mass is 380 g/mol. The molecule has 0 aromatic heterocycles. The zero-order valence-electron chi connectivity index (χ0n) is 17.0. The maximum atomic E-state index is 11.2. The summed E-state index contributed by atoms with van der Waals surface area (Å²) in [5.74, 6) is 0.232. The second-order valence-electron chi connectivity index (χ2n) is 8.21. The molecule has 5 heteroatoms. The van der Waals surface area contributed by atoms with Crippen LogP contribution in [0.5, 0.6) is 0 Å². The first-order chi connectivity index (χ1) is 12.9. The molecule has 1 heterocycles. The summed E-state index contributed by atoms with van der Waals surface area (Å²) in [6.45, 7) is 4.12. The highest BCUT2D eigenvalue weighted by atomic mass is 16.5. The summed E-state index contributed by atoms with van der Waals surface area (Å²) in [5, 5.41) is 20.5. The third-order valence-electron chi connectivity index (χ3n) is 5.75. The molecule has 27 heavy (non-hydrogen) atoms. The number of hydrogen-bond donors (Lipinski definition) is 2. The molecular formula is C22H36O5. The third kappa shape index (κ3) is 7.05. The predicted molar refractivity (Wildman–Crippen MR) is 105 cm³/mol. The lowest BCUT2D eigenvalue weighted by Crippen LogP contribution is -2.19. The molecular weight excluding hydrogens is 344 g/mol. The molecule has 2 N–H and O–H groups in total. The summed E-state index contributed by atoms with van der Waals surface area (Å²) in [5.41, 5.74) is 1.26. The fraction of sp³-hybridized carbons (Fsp3) is 0.773. The van der Waals surface area contributed by atoms with E-state index in [0.717, 1.165) is 32.1 Å². The minimum absolute atomic E-state index is 0.0631. The average molecular weight is 381 g/mol. The largest absolute Gasteiger partial charge is 0.469 e. The second-order valence-corrected chi connectivity index (χ2v) is 8.21. The minimum Gasteiger partial charge on any atom is -0.469 e. The first kappa shape index (κ1) is 22.1. The Morgan fingerprint density at radius 2 is 2.07 bits per heavy atom. The number of unbranched alkanes of at least 4 members (excludes halogenated alkanes) is 1. The van der Waals surface area contributed by atoms with Gasteiger partial charge >= 0.3 is 5.97 Å². The number of carbonyl (C=O) groups excluding carboxylic acids is 1. The number of aliphatic hydroxyl groups is 2. The number of hydrogen-bond acceptors (Lipinski definition) is 5. The molecule has 6 atom stereocenters. The van der Waals surface area contributed by atoms with Crippen molar-refractivity contribution in [1.82, 2.24) is 0 Å². The Kier molecular flexibility index (Phi) is 9.00. The molecule has 1 aliphatic carbocycles. The van der Waals surface area contributed by atoms with Crippen molar-refractivity contribution >= 4 is 5.97 Å². The molecule has 5 nitrogen and oxygen atoms in total. The number of aliphatic hydroxyl groups excluding tert-OH is 2. The van der Waals surface area contributed by atoms with Crippen LogP contribution < -0.4 is 0 Å². The minimum atomic E-state index is -0.469. The lowest BCUT2D eigenvalue weighted by molar-refractivity contribution is -0.140. The maximum absolute atomic E-state index is 11.2. The Morgan fingerprint density at radius 3 is 2.78 bits per heavy atom. The van der Waals surface area contributed by atoms with Crippen molar-refractivity contribution in [1.29, 1.82) is 0 Å². The molecule has 0 amide bonds. The van der Waals surface area contributed by atoms with Crippen LogP contribution in [-0.4, -0.2) is 47.7 Å². The topological polar surface area (TPSA) is 76.0 Å². The van der Waals surface area contributed by atoms with E-state index in [4.69, 9.17) is 4.74 Å². The predicted octanol–water partition coefficient (Wildman–Crippen LogP) is 3.54. The second kappa shape index (κ2) is 11.0. The van der Waals surface area contributed by atoms with E-state index in [1.54, 1.807) is 0 Å². The molecule has 0 aromatic rings. The van der Waals surface area contributed by atoms with Crippen LogP contribution in [0.4, 0.5) is 0 Å². The van der Waals surface area contributed by atoms with Gasteiger partial charge in [-0.05, 0) is 51.9 Å². The van der Waals surface area contributed by atoms with Crippen LogP contribution in [0.1, 0.15) is 65.2 Å². The van der Waals surface area contributed by atoms with Gasteiger partial charge in [0.25, 0.3) is 0 Å². The van der Waals surface area contributed by atoms with Gasteiger partial charge in [-0.1, -0.05) is 30.2 Å². The van der Waals surface area contributed by atoms with Crippen LogP contribution in [0.25, 0.3) is 0 Å². The van der Waals surface area contributed by atoms with E-state index in [2.05, 4.69) is 24.7 Å². The van der Waals surface area contributed by atoms with E-state index in [0.29, 0.717) is 25.2 Å². The number of carbonyl (C=O) groups is 1. The molecule has 1 saturated heterocycles. The normalized spacial score (nSPS) is 31.1. The van der Waals surface area contributed by atoms with Gasteiger partial charge < -0.3 is 19.7 Å². The van der Waals surface area contributed by atoms with Gasteiger partial charge in [0.15, 0.2) is 0 Å². The number of fused-ring (bicyclic) bond motifs is 1. The van der Waals surface area contributed by atoms with Crippen molar-refractivity contribution in [2.24, 2.45) is 11.8 Å². The van der Waals surface area contributed by atoms with Crippen molar-refractivity contribution in [3.05, 3.63) is 23.8 Å². The molecule has 2 fully saturated rings. The van der Waals surface area contributed by atoms with E-state index in [1.165, 1.54) is 12.7 Å². The van der Waals surface area contributed by atoms with E-state index >= 15 is 0 Å².